The van der Waals surface area contributed by atoms with E-state index in [9.17, 15) is 0 Å². The maximum atomic E-state index is 3.45. The fraction of sp³-hybridized carbons (Fsp3) is 0.529. The van der Waals surface area contributed by atoms with Crippen LogP contribution in [0.1, 0.15) is 31.2 Å². The average Bonchev–Trinajstić information content (AvgIpc) is 3.10. The first-order valence-electron chi connectivity index (χ1n) is 7.75. The molecular weight excluding hydrogens is 264 g/mol. The van der Waals surface area contributed by atoms with Crippen molar-refractivity contribution in [1.29, 1.82) is 0 Å². The second-order valence-electron chi connectivity index (χ2n) is 6.19. The number of H-pyrrole nitrogens is 1. The molecule has 106 valence electrons. The summed E-state index contributed by atoms with van der Waals surface area (Å²) >= 11 is 1.83. The highest BCUT2D eigenvalue weighted by Crippen LogP contribution is 2.35. The van der Waals surface area contributed by atoms with Crippen LogP contribution in [0.2, 0.25) is 0 Å². The molecule has 4 rings (SSSR count). The van der Waals surface area contributed by atoms with Gasteiger partial charge < -0.3 is 4.98 Å². The molecule has 1 aliphatic carbocycles. The SMILES string of the molecule is CSc1ccc2[nH]cc(C[C@H]3CCCN3C3CC3)c2c1. The van der Waals surface area contributed by atoms with Gasteiger partial charge in [-0.1, -0.05) is 0 Å². The smallest absolute Gasteiger partial charge is 0.0457 e. The topological polar surface area (TPSA) is 19.0 Å². The van der Waals surface area contributed by atoms with Crippen molar-refractivity contribution in [2.24, 2.45) is 0 Å². The minimum Gasteiger partial charge on any atom is -0.361 e. The largest absolute Gasteiger partial charge is 0.361 e. The van der Waals surface area contributed by atoms with E-state index in [-0.39, 0.29) is 0 Å². The van der Waals surface area contributed by atoms with E-state index in [1.54, 1.807) is 0 Å². The van der Waals surface area contributed by atoms with E-state index in [0.29, 0.717) is 0 Å². The minimum absolute atomic E-state index is 0.777. The van der Waals surface area contributed by atoms with E-state index in [1.165, 1.54) is 60.0 Å². The van der Waals surface area contributed by atoms with E-state index in [1.807, 2.05) is 11.8 Å². The van der Waals surface area contributed by atoms with Gasteiger partial charge in [0, 0.05) is 34.1 Å². The fourth-order valence-electron chi connectivity index (χ4n) is 3.67. The molecule has 20 heavy (non-hydrogen) atoms. The normalized spacial score (nSPS) is 23.8. The summed E-state index contributed by atoms with van der Waals surface area (Å²) in [4.78, 5) is 7.59. The lowest BCUT2D eigenvalue weighted by Crippen LogP contribution is -2.32. The average molecular weight is 286 g/mol. The van der Waals surface area contributed by atoms with Gasteiger partial charge in [0.25, 0.3) is 0 Å². The van der Waals surface area contributed by atoms with E-state index in [2.05, 4.69) is 40.5 Å². The number of benzene rings is 1. The van der Waals surface area contributed by atoms with Crippen LogP contribution in [0, 0.1) is 0 Å². The zero-order chi connectivity index (χ0) is 13.5. The minimum atomic E-state index is 0.777. The Balaban J connectivity index is 1.61. The highest BCUT2D eigenvalue weighted by atomic mass is 32.2. The molecule has 1 aliphatic heterocycles. The van der Waals surface area contributed by atoms with Gasteiger partial charge in [0.1, 0.15) is 0 Å². The quantitative estimate of drug-likeness (QED) is 0.855. The molecule has 0 spiro atoms. The van der Waals surface area contributed by atoms with E-state index < -0.39 is 0 Å². The predicted octanol–water partition coefficient (Wildman–Crippen LogP) is 4.06. The summed E-state index contributed by atoms with van der Waals surface area (Å²) in [6, 6.07) is 8.47. The number of hydrogen-bond donors (Lipinski definition) is 1. The first-order chi connectivity index (χ1) is 9.85. The molecule has 0 radical (unpaired) electrons. The number of aromatic nitrogens is 1. The molecule has 1 N–H and O–H groups in total. The van der Waals surface area contributed by atoms with Crippen LogP contribution in [0.4, 0.5) is 0 Å². The summed E-state index contributed by atoms with van der Waals surface area (Å²) < 4.78 is 0. The van der Waals surface area contributed by atoms with Crippen molar-refractivity contribution in [2.75, 3.05) is 12.8 Å². The second-order valence-corrected chi connectivity index (χ2v) is 7.07. The Morgan fingerprint density at radius 2 is 2.20 bits per heavy atom. The van der Waals surface area contributed by atoms with Crippen LogP contribution in [-0.4, -0.2) is 34.8 Å². The van der Waals surface area contributed by atoms with Gasteiger partial charge >= 0.3 is 0 Å². The summed E-state index contributed by atoms with van der Waals surface area (Å²) in [7, 11) is 0. The third-order valence-corrected chi connectivity index (χ3v) is 5.59. The van der Waals surface area contributed by atoms with Gasteiger partial charge in [-0.15, -0.1) is 11.8 Å². The van der Waals surface area contributed by atoms with Gasteiger partial charge in [-0.2, -0.15) is 0 Å². The van der Waals surface area contributed by atoms with Crippen molar-refractivity contribution < 1.29 is 0 Å². The molecule has 1 saturated heterocycles. The van der Waals surface area contributed by atoms with Gasteiger partial charge in [0.2, 0.25) is 0 Å². The first-order valence-corrected chi connectivity index (χ1v) is 8.97. The van der Waals surface area contributed by atoms with Crippen LogP contribution >= 0.6 is 11.8 Å². The van der Waals surface area contributed by atoms with Crippen molar-refractivity contribution in [3.8, 4) is 0 Å². The summed E-state index contributed by atoms with van der Waals surface area (Å²) in [5.74, 6) is 0. The highest BCUT2D eigenvalue weighted by Gasteiger charge is 2.36. The maximum Gasteiger partial charge on any atom is 0.0457 e. The predicted molar refractivity (Wildman–Crippen MR) is 86.5 cm³/mol. The van der Waals surface area contributed by atoms with Crippen LogP contribution < -0.4 is 0 Å². The molecule has 2 heterocycles. The lowest BCUT2D eigenvalue weighted by atomic mass is 10.0. The molecule has 1 saturated carbocycles. The molecule has 1 aromatic carbocycles. The van der Waals surface area contributed by atoms with Crippen molar-refractivity contribution in [2.45, 2.75) is 49.1 Å². The van der Waals surface area contributed by atoms with Gasteiger partial charge in [-0.25, -0.2) is 0 Å². The van der Waals surface area contributed by atoms with Crippen LogP contribution in [0.15, 0.2) is 29.3 Å². The van der Waals surface area contributed by atoms with Crippen LogP contribution in [0.3, 0.4) is 0 Å². The van der Waals surface area contributed by atoms with E-state index >= 15 is 0 Å². The van der Waals surface area contributed by atoms with Gasteiger partial charge in [-0.05, 0) is 68.7 Å². The lowest BCUT2D eigenvalue weighted by Gasteiger charge is -2.24. The third-order valence-electron chi connectivity index (χ3n) is 4.87. The number of nitrogens with zero attached hydrogens (tertiary/aromatic N) is 1. The molecule has 1 aromatic heterocycles. The summed E-state index contributed by atoms with van der Waals surface area (Å²) in [5.41, 5.74) is 2.79. The van der Waals surface area contributed by atoms with Crippen molar-refractivity contribution in [3.63, 3.8) is 0 Å². The van der Waals surface area contributed by atoms with Crippen LogP contribution in [0.5, 0.6) is 0 Å². The molecule has 2 nitrogen and oxygen atoms in total. The number of aromatic amines is 1. The van der Waals surface area contributed by atoms with Crippen LogP contribution in [0.25, 0.3) is 10.9 Å². The number of thioether (sulfide) groups is 1. The Morgan fingerprint density at radius 3 is 3.00 bits per heavy atom. The Labute approximate surface area is 124 Å². The molecule has 3 heteroatoms. The van der Waals surface area contributed by atoms with Crippen molar-refractivity contribution in [1.82, 2.24) is 9.88 Å². The number of fused-ring (bicyclic) bond motifs is 1. The lowest BCUT2D eigenvalue weighted by molar-refractivity contribution is 0.242. The molecule has 0 unspecified atom stereocenters. The van der Waals surface area contributed by atoms with Crippen LogP contribution in [-0.2, 0) is 6.42 Å². The summed E-state index contributed by atoms with van der Waals surface area (Å²) in [6.07, 6.45) is 11.2. The van der Waals surface area contributed by atoms with Gasteiger partial charge in [-0.3, -0.25) is 4.90 Å². The third kappa shape index (κ3) is 2.27. The number of rotatable bonds is 4. The number of nitrogens with one attached hydrogen (secondary N) is 1. The molecule has 2 aliphatic rings. The molecule has 2 fully saturated rings. The Bertz CT molecular complexity index is 614. The number of likely N-dealkylation sites (tertiary alicyclic amines) is 1. The van der Waals surface area contributed by atoms with Crippen molar-refractivity contribution in [3.05, 3.63) is 30.0 Å². The second kappa shape index (κ2) is 5.12. The monoisotopic (exact) mass is 286 g/mol. The highest BCUT2D eigenvalue weighted by molar-refractivity contribution is 7.98. The van der Waals surface area contributed by atoms with Crippen molar-refractivity contribution >= 4 is 22.7 Å². The van der Waals surface area contributed by atoms with E-state index in [0.717, 1.165) is 12.1 Å². The van der Waals surface area contributed by atoms with E-state index in [4.69, 9.17) is 0 Å². The standard InChI is InChI=1S/C17H22N2S/c1-20-15-6-7-17-16(10-15)12(11-18-17)9-14-3-2-8-19(14)13-4-5-13/h6-7,10-11,13-14,18H,2-5,8-9H2,1H3/t14-/m1/s1. The summed E-state index contributed by atoms with van der Waals surface area (Å²) in [5, 5.41) is 1.43. The zero-order valence-electron chi connectivity index (χ0n) is 12.1. The Hall–Kier alpha value is -0.930. The number of hydrogen-bond acceptors (Lipinski definition) is 2. The molecule has 2 aromatic rings. The molecule has 0 amide bonds. The molecule has 0 bridgehead atoms. The Morgan fingerprint density at radius 1 is 1.30 bits per heavy atom. The first kappa shape index (κ1) is 12.8. The van der Waals surface area contributed by atoms with Gasteiger partial charge in [0.15, 0.2) is 0 Å². The zero-order valence-corrected chi connectivity index (χ0v) is 12.9. The summed E-state index contributed by atoms with van der Waals surface area (Å²) in [6.45, 7) is 1.33. The molecular formula is C17H22N2S. The maximum absolute atomic E-state index is 3.45. The molecule has 1 atom stereocenters. The Kier molecular flexibility index (Phi) is 3.27. The fourth-order valence-corrected chi connectivity index (χ4v) is 4.11. The van der Waals surface area contributed by atoms with Gasteiger partial charge in [0.05, 0.1) is 0 Å².